The average molecular weight is 408 g/mol. The minimum absolute atomic E-state index is 0.00256. The van der Waals surface area contributed by atoms with Crippen molar-refractivity contribution in [1.29, 1.82) is 0 Å². The van der Waals surface area contributed by atoms with E-state index in [1.807, 2.05) is 0 Å². The number of hydrogen-bond donors (Lipinski definition) is 3. The topological polar surface area (TPSA) is 82.6 Å². The van der Waals surface area contributed by atoms with E-state index in [4.69, 9.17) is 0 Å². The second-order valence-corrected chi connectivity index (χ2v) is 8.60. The SMILES string of the molecule is CCNC(=NCc1ccccc1S(=O)(=O)NC(C)(C)C)NCCC(F)(F)F. The molecule has 0 saturated heterocycles. The van der Waals surface area contributed by atoms with Crippen molar-refractivity contribution >= 4 is 16.0 Å². The van der Waals surface area contributed by atoms with Crippen molar-refractivity contribution in [2.45, 2.75) is 57.3 Å². The first kappa shape index (κ1) is 23.2. The Morgan fingerprint density at radius 1 is 1.11 bits per heavy atom. The highest BCUT2D eigenvalue weighted by Crippen LogP contribution is 2.19. The molecule has 0 aromatic heterocycles. The molecule has 0 fully saturated rings. The van der Waals surface area contributed by atoms with Crippen LogP contribution in [0.3, 0.4) is 0 Å². The van der Waals surface area contributed by atoms with Gasteiger partial charge in [-0.25, -0.2) is 18.1 Å². The fourth-order valence-corrected chi connectivity index (χ4v) is 3.83. The van der Waals surface area contributed by atoms with Gasteiger partial charge < -0.3 is 10.6 Å². The second kappa shape index (κ2) is 9.41. The third-order valence-corrected chi connectivity index (χ3v) is 5.01. The summed E-state index contributed by atoms with van der Waals surface area (Å²) in [5.41, 5.74) is -0.203. The van der Waals surface area contributed by atoms with Gasteiger partial charge in [-0.3, -0.25) is 0 Å². The van der Waals surface area contributed by atoms with E-state index in [-0.39, 0.29) is 23.9 Å². The molecule has 1 aromatic rings. The van der Waals surface area contributed by atoms with Gasteiger partial charge in [-0.15, -0.1) is 0 Å². The number of halogens is 3. The van der Waals surface area contributed by atoms with Crippen LogP contribution < -0.4 is 15.4 Å². The predicted molar refractivity (Wildman–Crippen MR) is 100 cm³/mol. The Morgan fingerprint density at radius 2 is 1.74 bits per heavy atom. The third-order valence-electron chi connectivity index (χ3n) is 3.16. The number of aliphatic imine (C=N–C) groups is 1. The summed E-state index contributed by atoms with van der Waals surface area (Å²) in [6.07, 6.45) is -5.25. The smallest absolute Gasteiger partial charge is 0.357 e. The van der Waals surface area contributed by atoms with Gasteiger partial charge in [0.25, 0.3) is 0 Å². The lowest BCUT2D eigenvalue weighted by atomic mass is 10.1. The van der Waals surface area contributed by atoms with Crippen LogP contribution in [0.4, 0.5) is 13.2 Å². The lowest BCUT2D eigenvalue weighted by Gasteiger charge is -2.21. The van der Waals surface area contributed by atoms with Gasteiger partial charge in [-0.05, 0) is 39.3 Å². The summed E-state index contributed by atoms with van der Waals surface area (Å²) in [6.45, 7) is 7.14. The van der Waals surface area contributed by atoms with Crippen LogP contribution >= 0.6 is 0 Å². The predicted octanol–water partition coefficient (Wildman–Crippen LogP) is 2.77. The third kappa shape index (κ3) is 9.09. The molecule has 0 spiro atoms. The molecule has 0 aliphatic carbocycles. The summed E-state index contributed by atoms with van der Waals surface area (Å²) >= 11 is 0. The highest BCUT2D eigenvalue weighted by molar-refractivity contribution is 7.89. The molecular formula is C17H27F3N4O2S. The van der Waals surface area contributed by atoms with E-state index in [2.05, 4.69) is 20.3 Å². The zero-order valence-electron chi connectivity index (χ0n) is 15.9. The first-order valence-corrected chi connectivity index (χ1v) is 10.0. The molecule has 27 heavy (non-hydrogen) atoms. The van der Waals surface area contributed by atoms with E-state index in [0.717, 1.165) is 0 Å². The van der Waals surface area contributed by atoms with E-state index < -0.39 is 28.2 Å². The highest BCUT2D eigenvalue weighted by Gasteiger charge is 2.26. The standard InChI is InChI=1S/C17H27F3N4O2S/c1-5-21-15(22-11-10-17(18,19)20)23-12-13-8-6-7-9-14(13)27(25,26)24-16(2,3)4/h6-9,24H,5,10-12H2,1-4H3,(H2,21,22,23). The zero-order valence-corrected chi connectivity index (χ0v) is 16.8. The number of benzene rings is 1. The molecule has 0 saturated carbocycles. The Hall–Kier alpha value is -1.81. The van der Waals surface area contributed by atoms with Gasteiger partial charge in [-0.1, -0.05) is 18.2 Å². The molecule has 0 aliphatic heterocycles. The van der Waals surface area contributed by atoms with E-state index >= 15 is 0 Å². The zero-order chi connectivity index (χ0) is 20.7. The molecule has 0 radical (unpaired) electrons. The molecule has 0 amide bonds. The molecule has 1 rings (SSSR count). The van der Waals surface area contributed by atoms with E-state index in [1.165, 1.54) is 6.07 Å². The average Bonchev–Trinajstić information content (AvgIpc) is 2.49. The van der Waals surface area contributed by atoms with E-state index in [0.29, 0.717) is 12.1 Å². The van der Waals surface area contributed by atoms with Crippen molar-refractivity contribution in [2.75, 3.05) is 13.1 Å². The highest BCUT2D eigenvalue weighted by atomic mass is 32.2. The number of alkyl halides is 3. The van der Waals surface area contributed by atoms with Crippen molar-refractivity contribution in [3.8, 4) is 0 Å². The first-order valence-electron chi connectivity index (χ1n) is 8.55. The Morgan fingerprint density at radius 3 is 2.30 bits per heavy atom. The van der Waals surface area contributed by atoms with E-state index in [1.54, 1.807) is 45.9 Å². The van der Waals surface area contributed by atoms with Crippen LogP contribution in [0.5, 0.6) is 0 Å². The summed E-state index contributed by atoms with van der Waals surface area (Å²) in [5.74, 6) is 0.192. The fourth-order valence-electron chi connectivity index (χ4n) is 2.18. The number of nitrogens with one attached hydrogen (secondary N) is 3. The van der Waals surface area contributed by atoms with Crippen molar-refractivity contribution < 1.29 is 21.6 Å². The lowest BCUT2D eigenvalue weighted by Crippen LogP contribution is -2.41. The summed E-state index contributed by atoms with van der Waals surface area (Å²) in [4.78, 5) is 4.30. The molecule has 154 valence electrons. The Kier molecular flexibility index (Phi) is 8.09. The summed E-state index contributed by atoms with van der Waals surface area (Å²) < 4.78 is 64.7. The normalized spacial score (nSPS) is 13.5. The van der Waals surface area contributed by atoms with Crippen LogP contribution in [0.1, 0.15) is 39.7 Å². The number of hydrogen-bond acceptors (Lipinski definition) is 3. The van der Waals surface area contributed by atoms with Crippen molar-refractivity contribution in [2.24, 2.45) is 4.99 Å². The summed E-state index contributed by atoms with van der Waals surface area (Å²) in [7, 11) is -3.75. The van der Waals surface area contributed by atoms with Crippen molar-refractivity contribution in [1.82, 2.24) is 15.4 Å². The van der Waals surface area contributed by atoms with Crippen LogP contribution in [-0.2, 0) is 16.6 Å². The summed E-state index contributed by atoms with van der Waals surface area (Å²) in [6, 6.07) is 6.39. The second-order valence-electron chi connectivity index (χ2n) is 6.95. The van der Waals surface area contributed by atoms with Crippen LogP contribution in [0.2, 0.25) is 0 Å². The number of guanidine groups is 1. The minimum atomic E-state index is -4.26. The monoisotopic (exact) mass is 408 g/mol. The maximum atomic E-state index is 12.6. The maximum absolute atomic E-state index is 12.6. The molecule has 1 aromatic carbocycles. The van der Waals surface area contributed by atoms with Gasteiger partial charge in [0.2, 0.25) is 10.0 Å². The Balaban J connectivity index is 2.98. The van der Waals surface area contributed by atoms with Crippen molar-refractivity contribution in [3.63, 3.8) is 0 Å². The molecule has 10 heteroatoms. The van der Waals surface area contributed by atoms with Crippen molar-refractivity contribution in [3.05, 3.63) is 29.8 Å². The van der Waals surface area contributed by atoms with Gasteiger partial charge in [0.1, 0.15) is 0 Å². The lowest BCUT2D eigenvalue weighted by molar-refractivity contribution is -0.132. The van der Waals surface area contributed by atoms with Gasteiger partial charge in [-0.2, -0.15) is 13.2 Å². The first-order chi connectivity index (χ1) is 12.3. The summed E-state index contributed by atoms with van der Waals surface area (Å²) in [5, 5.41) is 5.44. The van der Waals surface area contributed by atoms with Crippen LogP contribution in [-0.4, -0.2) is 39.2 Å². The molecular weight excluding hydrogens is 381 g/mol. The molecule has 0 atom stereocenters. The van der Waals surface area contributed by atoms with Crippen LogP contribution in [0, 0.1) is 0 Å². The molecule has 6 nitrogen and oxygen atoms in total. The molecule has 3 N–H and O–H groups in total. The molecule has 0 heterocycles. The van der Waals surface area contributed by atoms with Gasteiger partial charge >= 0.3 is 6.18 Å². The van der Waals surface area contributed by atoms with Crippen LogP contribution in [0.15, 0.2) is 34.2 Å². The maximum Gasteiger partial charge on any atom is 0.390 e. The fraction of sp³-hybridized carbons (Fsp3) is 0.588. The van der Waals surface area contributed by atoms with E-state index in [9.17, 15) is 21.6 Å². The Labute approximate surface area is 158 Å². The molecule has 0 bridgehead atoms. The van der Waals surface area contributed by atoms with Gasteiger partial charge in [0, 0.05) is 18.6 Å². The van der Waals surface area contributed by atoms with Crippen LogP contribution in [0.25, 0.3) is 0 Å². The van der Waals surface area contributed by atoms with Gasteiger partial charge in [0.05, 0.1) is 17.9 Å². The Bertz CT molecular complexity index is 741. The molecule has 0 unspecified atom stereocenters. The quantitative estimate of drug-likeness (QED) is 0.479. The molecule has 0 aliphatic rings. The largest absolute Gasteiger partial charge is 0.390 e. The number of rotatable bonds is 7. The number of nitrogens with zero attached hydrogens (tertiary/aromatic N) is 1. The number of sulfonamides is 1. The minimum Gasteiger partial charge on any atom is -0.357 e. The van der Waals surface area contributed by atoms with Gasteiger partial charge in [0.15, 0.2) is 5.96 Å².